The highest BCUT2D eigenvalue weighted by molar-refractivity contribution is 5.38. The van der Waals surface area contributed by atoms with E-state index in [4.69, 9.17) is 5.73 Å². The summed E-state index contributed by atoms with van der Waals surface area (Å²) in [5, 5.41) is 0. The van der Waals surface area contributed by atoms with Crippen LogP contribution in [0, 0.1) is 0 Å². The minimum Gasteiger partial charge on any atom is -0.353 e. The summed E-state index contributed by atoms with van der Waals surface area (Å²) >= 11 is 0. The Morgan fingerprint density at radius 3 is 2.69 bits per heavy atom. The molecule has 3 nitrogen and oxygen atoms in total. The van der Waals surface area contributed by atoms with Crippen LogP contribution in [0.1, 0.15) is 13.8 Å². The molecule has 3 heteroatoms. The number of hydrogen-bond acceptors (Lipinski definition) is 3. The maximum Gasteiger partial charge on any atom is 0.128 e. The Morgan fingerprint density at radius 1 is 1.46 bits per heavy atom. The molecule has 0 aliphatic heterocycles. The van der Waals surface area contributed by atoms with Crippen LogP contribution in [0.2, 0.25) is 0 Å². The van der Waals surface area contributed by atoms with Crippen LogP contribution in [-0.4, -0.2) is 24.1 Å². The van der Waals surface area contributed by atoms with E-state index in [0.29, 0.717) is 12.6 Å². The molecule has 0 aromatic carbocycles. The fraction of sp³-hybridized carbons (Fsp3) is 0.500. The molecule has 0 atom stereocenters. The van der Waals surface area contributed by atoms with Crippen molar-refractivity contribution in [1.29, 1.82) is 0 Å². The van der Waals surface area contributed by atoms with E-state index in [1.807, 2.05) is 18.2 Å². The second-order valence-corrected chi connectivity index (χ2v) is 3.26. The van der Waals surface area contributed by atoms with Crippen molar-refractivity contribution in [2.24, 2.45) is 5.73 Å². The van der Waals surface area contributed by atoms with Gasteiger partial charge in [0.15, 0.2) is 0 Å². The van der Waals surface area contributed by atoms with E-state index in [1.165, 1.54) is 0 Å². The largest absolute Gasteiger partial charge is 0.353 e. The molecule has 0 fully saturated rings. The summed E-state index contributed by atoms with van der Waals surface area (Å²) in [7, 11) is 0. The Morgan fingerprint density at radius 2 is 2.23 bits per heavy atom. The second kappa shape index (κ2) is 4.82. The Bertz CT molecular complexity index is 233. The molecule has 0 unspecified atom stereocenters. The molecule has 72 valence electrons. The third-order valence-corrected chi connectivity index (χ3v) is 1.94. The van der Waals surface area contributed by atoms with Crippen molar-refractivity contribution in [3.05, 3.63) is 24.4 Å². The van der Waals surface area contributed by atoms with E-state index >= 15 is 0 Å². The molecule has 0 bridgehead atoms. The van der Waals surface area contributed by atoms with Gasteiger partial charge in [0.1, 0.15) is 5.82 Å². The molecule has 13 heavy (non-hydrogen) atoms. The predicted molar refractivity (Wildman–Crippen MR) is 55.8 cm³/mol. The lowest BCUT2D eigenvalue weighted by atomic mass is 10.3. The van der Waals surface area contributed by atoms with Crippen LogP contribution in [0.5, 0.6) is 0 Å². The maximum atomic E-state index is 5.54. The van der Waals surface area contributed by atoms with Crippen LogP contribution in [0.3, 0.4) is 0 Å². The molecule has 1 aromatic heterocycles. The van der Waals surface area contributed by atoms with Crippen molar-refractivity contribution >= 4 is 5.82 Å². The lowest BCUT2D eigenvalue weighted by Crippen LogP contribution is -2.35. The van der Waals surface area contributed by atoms with Gasteiger partial charge < -0.3 is 10.6 Å². The van der Waals surface area contributed by atoms with Gasteiger partial charge in [-0.05, 0) is 26.0 Å². The topological polar surface area (TPSA) is 42.1 Å². The molecule has 0 aliphatic carbocycles. The third kappa shape index (κ3) is 2.70. The van der Waals surface area contributed by atoms with Crippen LogP contribution in [-0.2, 0) is 0 Å². The fourth-order valence-corrected chi connectivity index (χ4v) is 1.30. The molecule has 1 rings (SSSR count). The van der Waals surface area contributed by atoms with E-state index in [0.717, 1.165) is 12.4 Å². The van der Waals surface area contributed by atoms with Gasteiger partial charge >= 0.3 is 0 Å². The third-order valence-electron chi connectivity index (χ3n) is 1.94. The van der Waals surface area contributed by atoms with E-state index in [-0.39, 0.29) is 0 Å². The summed E-state index contributed by atoms with van der Waals surface area (Å²) in [5.74, 6) is 1.00. The minimum atomic E-state index is 0.443. The zero-order valence-corrected chi connectivity index (χ0v) is 8.27. The number of hydrogen-bond donors (Lipinski definition) is 1. The summed E-state index contributed by atoms with van der Waals surface area (Å²) in [6, 6.07) is 6.37. The van der Waals surface area contributed by atoms with Gasteiger partial charge in [-0.25, -0.2) is 4.98 Å². The van der Waals surface area contributed by atoms with E-state index in [9.17, 15) is 0 Å². The first-order chi connectivity index (χ1) is 6.25. The lowest BCUT2D eigenvalue weighted by molar-refractivity contribution is 0.675. The van der Waals surface area contributed by atoms with E-state index in [1.54, 1.807) is 6.20 Å². The summed E-state index contributed by atoms with van der Waals surface area (Å²) in [5.41, 5.74) is 5.54. The molecule has 1 aromatic rings. The van der Waals surface area contributed by atoms with Gasteiger partial charge in [0, 0.05) is 25.3 Å². The van der Waals surface area contributed by atoms with E-state index < -0.39 is 0 Å². The molecule has 0 saturated carbocycles. The van der Waals surface area contributed by atoms with Crippen LogP contribution in [0.15, 0.2) is 24.4 Å². The molecule has 0 aliphatic rings. The number of nitrogens with zero attached hydrogens (tertiary/aromatic N) is 2. The smallest absolute Gasteiger partial charge is 0.128 e. The first-order valence-corrected chi connectivity index (χ1v) is 4.63. The number of pyridine rings is 1. The van der Waals surface area contributed by atoms with Crippen molar-refractivity contribution in [2.45, 2.75) is 19.9 Å². The van der Waals surface area contributed by atoms with Crippen molar-refractivity contribution in [1.82, 2.24) is 4.98 Å². The number of aromatic nitrogens is 1. The van der Waals surface area contributed by atoms with Crippen LogP contribution in [0.4, 0.5) is 5.82 Å². The van der Waals surface area contributed by atoms with Crippen molar-refractivity contribution in [3.63, 3.8) is 0 Å². The molecule has 0 spiro atoms. The van der Waals surface area contributed by atoms with Crippen LogP contribution >= 0.6 is 0 Å². The highest BCUT2D eigenvalue weighted by Gasteiger charge is 2.09. The lowest BCUT2D eigenvalue weighted by Gasteiger charge is -2.27. The summed E-state index contributed by atoms with van der Waals surface area (Å²) in [4.78, 5) is 6.48. The van der Waals surface area contributed by atoms with Gasteiger partial charge in [0.05, 0.1) is 0 Å². The Hall–Kier alpha value is -1.09. The Kier molecular flexibility index (Phi) is 3.71. The number of nitrogens with two attached hydrogens (primary N) is 1. The van der Waals surface area contributed by atoms with Gasteiger partial charge in [-0.15, -0.1) is 0 Å². The van der Waals surface area contributed by atoms with Gasteiger partial charge in [0.25, 0.3) is 0 Å². The summed E-state index contributed by atoms with van der Waals surface area (Å²) in [6.07, 6.45) is 1.81. The normalized spacial score (nSPS) is 10.5. The van der Waals surface area contributed by atoms with Gasteiger partial charge in [-0.1, -0.05) is 6.07 Å². The zero-order chi connectivity index (χ0) is 9.68. The minimum absolute atomic E-state index is 0.443. The molecule has 0 radical (unpaired) electrons. The van der Waals surface area contributed by atoms with Gasteiger partial charge in [0.2, 0.25) is 0 Å². The Labute approximate surface area is 79.6 Å². The highest BCUT2D eigenvalue weighted by atomic mass is 15.2. The number of anilines is 1. The molecule has 1 heterocycles. The average Bonchev–Trinajstić information content (AvgIpc) is 2.15. The molecule has 0 amide bonds. The predicted octanol–water partition coefficient (Wildman–Crippen LogP) is 1.26. The van der Waals surface area contributed by atoms with Crippen molar-refractivity contribution in [3.8, 4) is 0 Å². The fourth-order valence-electron chi connectivity index (χ4n) is 1.30. The van der Waals surface area contributed by atoms with E-state index in [2.05, 4.69) is 23.7 Å². The standard InChI is InChI=1S/C10H17N3/c1-9(2)13(8-6-11)10-5-3-4-7-12-10/h3-5,7,9H,6,8,11H2,1-2H3. The van der Waals surface area contributed by atoms with Gasteiger partial charge in [-0.2, -0.15) is 0 Å². The van der Waals surface area contributed by atoms with Crippen LogP contribution < -0.4 is 10.6 Å². The second-order valence-electron chi connectivity index (χ2n) is 3.26. The average molecular weight is 179 g/mol. The quantitative estimate of drug-likeness (QED) is 0.756. The SMILES string of the molecule is CC(C)N(CCN)c1ccccn1. The molecule has 0 saturated heterocycles. The molecular weight excluding hydrogens is 162 g/mol. The van der Waals surface area contributed by atoms with Crippen LogP contribution in [0.25, 0.3) is 0 Å². The molecular formula is C10H17N3. The first kappa shape index (κ1) is 9.99. The summed E-state index contributed by atoms with van der Waals surface area (Å²) < 4.78 is 0. The van der Waals surface area contributed by atoms with Gasteiger partial charge in [-0.3, -0.25) is 0 Å². The summed E-state index contributed by atoms with van der Waals surface area (Å²) in [6.45, 7) is 5.80. The number of rotatable bonds is 4. The highest BCUT2D eigenvalue weighted by Crippen LogP contribution is 2.11. The maximum absolute atomic E-state index is 5.54. The Balaban J connectivity index is 2.76. The zero-order valence-electron chi connectivity index (χ0n) is 8.27. The van der Waals surface area contributed by atoms with Crippen molar-refractivity contribution < 1.29 is 0 Å². The molecule has 2 N–H and O–H groups in total. The monoisotopic (exact) mass is 179 g/mol. The van der Waals surface area contributed by atoms with Crippen molar-refractivity contribution in [2.75, 3.05) is 18.0 Å². The first-order valence-electron chi connectivity index (χ1n) is 4.63.